The van der Waals surface area contributed by atoms with Crippen LogP contribution in [0.5, 0.6) is 0 Å². The third-order valence-electron chi connectivity index (χ3n) is 3.44. The first-order chi connectivity index (χ1) is 9.78. The Kier molecular flexibility index (Phi) is 6.22. The van der Waals surface area contributed by atoms with Crippen molar-refractivity contribution >= 4 is 11.3 Å². The standard InChI is InChI=1S/C17H22FNS/c1-2-10-19-17(8-5-15-9-11-20-13-15)12-14-3-6-16(18)7-4-14/h3-4,6-7,9,11,13,17,19H,2,5,8,10,12H2,1H3. The molecule has 1 atom stereocenters. The molecule has 2 aromatic rings. The first-order valence-corrected chi connectivity index (χ1v) is 8.21. The molecule has 0 bridgehead atoms. The molecule has 0 fully saturated rings. The monoisotopic (exact) mass is 291 g/mol. The molecular weight excluding hydrogens is 269 g/mol. The summed E-state index contributed by atoms with van der Waals surface area (Å²) in [6.07, 6.45) is 4.32. The highest BCUT2D eigenvalue weighted by Crippen LogP contribution is 2.13. The summed E-state index contributed by atoms with van der Waals surface area (Å²) in [6, 6.07) is 9.52. The molecule has 0 saturated carbocycles. The molecule has 0 radical (unpaired) electrons. The third-order valence-corrected chi connectivity index (χ3v) is 4.17. The molecule has 1 N–H and O–H groups in total. The second kappa shape index (κ2) is 8.18. The fourth-order valence-corrected chi connectivity index (χ4v) is 3.01. The molecule has 1 heterocycles. The lowest BCUT2D eigenvalue weighted by Crippen LogP contribution is -2.32. The van der Waals surface area contributed by atoms with Crippen LogP contribution in [0, 0.1) is 5.82 Å². The van der Waals surface area contributed by atoms with Crippen LogP contribution in [0.25, 0.3) is 0 Å². The number of halogens is 1. The summed E-state index contributed by atoms with van der Waals surface area (Å²) in [7, 11) is 0. The van der Waals surface area contributed by atoms with E-state index in [0.29, 0.717) is 6.04 Å². The molecule has 0 spiro atoms. The maximum Gasteiger partial charge on any atom is 0.123 e. The van der Waals surface area contributed by atoms with Gasteiger partial charge in [-0.05, 0) is 72.3 Å². The summed E-state index contributed by atoms with van der Waals surface area (Å²) in [5, 5.41) is 7.95. The molecule has 2 rings (SSSR count). The van der Waals surface area contributed by atoms with Crippen LogP contribution >= 0.6 is 11.3 Å². The Labute approximate surface area is 124 Å². The first-order valence-electron chi connectivity index (χ1n) is 7.27. The quantitative estimate of drug-likeness (QED) is 0.758. The highest BCUT2D eigenvalue weighted by molar-refractivity contribution is 7.07. The molecule has 0 aliphatic heterocycles. The Morgan fingerprint density at radius 2 is 1.95 bits per heavy atom. The van der Waals surface area contributed by atoms with Crippen molar-refractivity contribution in [3.05, 3.63) is 58.0 Å². The number of hydrogen-bond acceptors (Lipinski definition) is 2. The van der Waals surface area contributed by atoms with Crippen molar-refractivity contribution in [2.24, 2.45) is 0 Å². The van der Waals surface area contributed by atoms with Crippen LogP contribution in [-0.2, 0) is 12.8 Å². The summed E-state index contributed by atoms with van der Waals surface area (Å²) < 4.78 is 12.9. The van der Waals surface area contributed by atoms with Gasteiger partial charge in [-0.25, -0.2) is 4.39 Å². The van der Waals surface area contributed by atoms with Crippen molar-refractivity contribution < 1.29 is 4.39 Å². The fourth-order valence-electron chi connectivity index (χ4n) is 2.31. The van der Waals surface area contributed by atoms with Crippen LogP contribution in [-0.4, -0.2) is 12.6 Å². The lowest BCUT2D eigenvalue weighted by atomic mass is 10.00. The number of benzene rings is 1. The maximum atomic E-state index is 12.9. The SMILES string of the molecule is CCCNC(CCc1ccsc1)Cc1ccc(F)cc1. The largest absolute Gasteiger partial charge is 0.314 e. The van der Waals surface area contributed by atoms with Gasteiger partial charge >= 0.3 is 0 Å². The third kappa shape index (κ3) is 5.06. The van der Waals surface area contributed by atoms with Crippen molar-refractivity contribution in [1.29, 1.82) is 0 Å². The van der Waals surface area contributed by atoms with Gasteiger partial charge in [-0.3, -0.25) is 0 Å². The van der Waals surface area contributed by atoms with Crippen LogP contribution in [0.2, 0.25) is 0 Å². The predicted octanol–water partition coefficient (Wildman–Crippen LogP) is 4.43. The molecule has 0 amide bonds. The van der Waals surface area contributed by atoms with Gasteiger partial charge in [0.15, 0.2) is 0 Å². The highest BCUT2D eigenvalue weighted by atomic mass is 32.1. The zero-order chi connectivity index (χ0) is 14.2. The van der Waals surface area contributed by atoms with Gasteiger partial charge in [-0.2, -0.15) is 11.3 Å². The highest BCUT2D eigenvalue weighted by Gasteiger charge is 2.09. The van der Waals surface area contributed by atoms with E-state index in [2.05, 4.69) is 29.1 Å². The average molecular weight is 291 g/mol. The normalized spacial score (nSPS) is 12.5. The van der Waals surface area contributed by atoms with Gasteiger partial charge in [0.2, 0.25) is 0 Å². The number of thiophene rings is 1. The van der Waals surface area contributed by atoms with E-state index >= 15 is 0 Å². The van der Waals surface area contributed by atoms with Crippen molar-refractivity contribution in [2.75, 3.05) is 6.54 Å². The van der Waals surface area contributed by atoms with E-state index in [9.17, 15) is 4.39 Å². The van der Waals surface area contributed by atoms with E-state index in [4.69, 9.17) is 0 Å². The minimum absolute atomic E-state index is 0.162. The summed E-state index contributed by atoms with van der Waals surface area (Å²) >= 11 is 1.75. The molecule has 1 nitrogen and oxygen atoms in total. The van der Waals surface area contributed by atoms with Crippen LogP contribution < -0.4 is 5.32 Å². The van der Waals surface area contributed by atoms with Gasteiger partial charge in [-0.15, -0.1) is 0 Å². The van der Waals surface area contributed by atoms with E-state index < -0.39 is 0 Å². The van der Waals surface area contributed by atoms with E-state index in [1.807, 2.05) is 12.1 Å². The number of aryl methyl sites for hydroxylation is 1. The Hall–Kier alpha value is -1.19. The van der Waals surface area contributed by atoms with Gasteiger partial charge in [0.1, 0.15) is 5.82 Å². The molecule has 1 aromatic carbocycles. The van der Waals surface area contributed by atoms with Crippen LogP contribution in [0.4, 0.5) is 4.39 Å². The predicted molar refractivity (Wildman–Crippen MR) is 84.8 cm³/mol. The van der Waals surface area contributed by atoms with E-state index in [1.165, 1.54) is 11.1 Å². The summed E-state index contributed by atoms with van der Waals surface area (Å²) in [5.41, 5.74) is 2.61. The van der Waals surface area contributed by atoms with Gasteiger partial charge in [-0.1, -0.05) is 19.1 Å². The molecule has 1 unspecified atom stereocenters. The van der Waals surface area contributed by atoms with E-state index in [-0.39, 0.29) is 5.82 Å². The maximum absolute atomic E-state index is 12.9. The molecule has 3 heteroatoms. The molecule has 1 aromatic heterocycles. The Balaban J connectivity index is 1.90. The van der Waals surface area contributed by atoms with Crippen molar-refractivity contribution in [1.82, 2.24) is 5.32 Å². The van der Waals surface area contributed by atoms with Crippen LogP contribution in [0.15, 0.2) is 41.1 Å². The molecule has 108 valence electrons. The average Bonchev–Trinajstić information content (AvgIpc) is 2.97. The number of hydrogen-bond donors (Lipinski definition) is 1. The van der Waals surface area contributed by atoms with Crippen molar-refractivity contribution in [3.8, 4) is 0 Å². The van der Waals surface area contributed by atoms with Crippen LogP contribution in [0.1, 0.15) is 30.9 Å². The second-order valence-corrected chi connectivity index (χ2v) is 5.93. The molecular formula is C17H22FNS. The zero-order valence-corrected chi connectivity index (χ0v) is 12.8. The van der Waals surface area contributed by atoms with Gasteiger partial charge in [0.25, 0.3) is 0 Å². The minimum Gasteiger partial charge on any atom is -0.314 e. The fraction of sp³-hybridized carbons (Fsp3) is 0.412. The molecule has 0 aliphatic rings. The topological polar surface area (TPSA) is 12.0 Å². The summed E-state index contributed by atoms with van der Waals surface area (Å²) in [5.74, 6) is -0.162. The summed E-state index contributed by atoms with van der Waals surface area (Å²) in [6.45, 7) is 3.22. The Morgan fingerprint density at radius 3 is 2.60 bits per heavy atom. The van der Waals surface area contributed by atoms with Crippen molar-refractivity contribution in [3.63, 3.8) is 0 Å². The lowest BCUT2D eigenvalue weighted by molar-refractivity contribution is 0.477. The first kappa shape index (κ1) is 15.2. The number of rotatable bonds is 8. The minimum atomic E-state index is -0.162. The Morgan fingerprint density at radius 1 is 1.15 bits per heavy atom. The van der Waals surface area contributed by atoms with Crippen LogP contribution in [0.3, 0.4) is 0 Å². The zero-order valence-electron chi connectivity index (χ0n) is 11.9. The smallest absolute Gasteiger partial charge is 0.123 e. The summed E-state index contributed by atoms with van der Waals surface area (Å²) in [4.78, 5) is 0. The molecule has 0 aliphatic carbocycles. The second-order valence-electron chi connectivity index (χ2n) is 5.15. The van der Waals surface area contributed by atoms with Gasteiger partial charge in [0.05, 0.1) is 0 Å². The Bertz CT molecular complexity index is 478. The van der Waals surface area contributed by atoms with Gasteiger partial charge in [0, 0.05) is 6.04 Å². The lowest BCUT2D eigenvalue weighted by Gasteiger charge is -2.18. The van der Waals surface area contributed by atoms with E-state index in [0.717, 1.165) is 32.2 Å². The molecule has 0 saturated heterocycles. The van der Waals surface area contributed by atoms with Gasteiger partial charge < -0.3 is 5.32 Å². The molecule has 20 heavy (non-hydrogen) atoms. The number of nitrogens with one attached hydrogen (secondary N) is 1. The van der Waals surface area contributed by atoms with E-state index in [1.54, 1.807) is 23.5 Å². The van der Waals surface area contributed by atoms with Crippen molar-refractivity contribution in [2.45, 2.75) is 38.6 Å².